The summed E-state index contributed by atoms with van der Waals surface area (Å²) in [6.07, 6.45) is 0. The normalized spacial score (nSPS) is 10.7. The summed E-state index contributed by atoms with van der Waals surface area (Å²) in [5.41, 5.74) is 1.41. The van der Waals surface area contributed by atoms with E-state index in [0.717, 1.165) is 6.54 Å². The molecular weight excluding hydrogens is 335 g/mol. The van der Waals surface area contributed by atoms with Crippen LogP contribution in [0.4, 0.5) is 11.6 Å². The molecule has 7 heteroatoms. The molecule has 1 amide bonds. The standard InChI is InChI=1S/C16H18Cl2N4O/c1-9(2)8-19-16-20-10(3)7-13(22-16)15(23)21-12-6-4-5-11(17)14(12)18/h4-7,9H,8H2,1-3H3,(H,21,23)(H,19,20,22). The van der Waals surface area contributed by atoms with Crippen molar-refractivity contribution in [2.75, 3.05) is 17.2 Å². The monoisotopic (exact) mass is 352 g/mol. The molecule has 0 bridgehead atoms. The molecule has 0 spiro atoms. The zero-order chi connectivity index (χ0) is 17.0. The molecule has 0 saturated heterocycles. The fraction of sp³-hybridized carbons (Fsp3) is 0.312. The van der Waals surface area contributed by atoms with Crippen LogP contribution in [0, 0.1) is 12.8 Å². The second-order valence-corrected chi connectivity index (χ2v) is 6.33. The van der Waals surface area contributed by atoms with Crippen molar-refractivity contribution >= 4 is 40.7 Å². The molecule has 0 unspecified atom stereocenters. The van der Waals surface area contributed by atoms with E-state index in [2.05, 4.69) is 34.4 Å². The molecule has 0 aliphatic heterocycles. The largest absolute Gasteiger partial charge is 0.354 e. The zero-order valence-electron chi connectivity index (χ0n) is 13.2. The average molecular weight is 353 g/mol. The lowest BCUT2D eigenvalue weighted by molar-refractivity contribution is 0.102. The number of carbonyl (C=O) groups excluding carboxylic acids is 1. The van der Waals surface area contributed by atoms with Gasteiger partial charge in [0.2, 0.25) is 5.95 Å². The lowest BCUT2D eigenvalue weighted by Gasteiger charge is -2.11. The van der Waals surface area contributed by atoms with Gasteiger partial charge in [0.25, 0.3) is 5.91 Å². The van der Waals surface area contributed by atoms with E-state index in [-0.39, 0.29) is 11.6 Å². The summed E-state index contributed by atoms with van der Waals surface area (Å²) in [6.45, 7) is 6.70. The number of rotatable bonds is 5. The lowest BCUT2D eigenvalue weighted by Crippen LogP contribution is -2.17. The summed E-state index contributed by atoms with van der Waals surface area (Å²) in [5.74, 6) is 0.509. The van der Waals surface area contributed by atoms with E-state index in [1.165, 1.54) is 0 Å². The van der Waals surface area contributed by atoms with Crippen LogP contribution in [0.15, 0.2) is 24.3 Å². The van der Waals surface area contributed by atoms with E-state index < -0.39 is 0 Å². The molecule has 0 aliphatic rings. The van der Waals surface area contributed by atoms with Crippen molar-refractivity contribution in [2.45, 2.75) is 20.8 Å². The highest BCUT2D eigenvalue weighted by Gasteiger charge is 2.13. The van der Waals surface area contributed by atoms with Crippen LogP contribution in [0.1, 0.15) is 30.0 Å². The first-order valence-corrected chi connectivity index (χ1v) is 7.97. The minimum absolute atomic E-state index is 0.264. The van der Waals surface area contributed by atoms with Crippen LogP contribution in [0.5, 0.6) is 0 Å². The van der Waals surface area contributed by atoms with Gasteiger partial charge in [0.05, 0.1) is 15.7 Å². The third-order valence-corrected chi connectivity index (χ3v) is 3.77. The molecule has 2 aromatic rings. The number of halogens is 2. The Morgan fingerprint density at radius 2 is 2.00 bits per heavy atom. The second kappa shape index (κ2) is 7.62. The van der Waals surface area contributed by atoms with Gasteiger partial charge in [-0.1, -0.05) is 43.1 Å². The Kier molecular flexibility index (Phi) is 5.80. The van der Waals surface area contributed by atoms with E-state index in [4.69, 9.17) is 23.2 Å². The lowest BCUT2D eigenvalue weighted by atomic mass is 10.2. The molecule has 0 aliphatic carbocycles. The molecule has 1 heterocycles. The number of aryl methyl sites for hydroxylation is 1. The molecule has 122 valence electrons. The number of nitrogens with zero attached hydrogens (tertiary/aromatic N) is 2. The number of amides is 1. The van der Waals surface area contributed by atoms with Crippen LogP contribution in [0.3, 0.4) is 0 Å². The SMILES string of the molecule is Cc1cc(C(=O)Nc2cccc(Cl)c2Cl)nc(NCC(C)C)n1. The molecular formula is C16H18Cl2N4O. The van der Waals surface area contributed by atoms with Gasteiger partial charge in [0.15, 0.2) is 0 Å². The van der Waals surface area contributed by atoms with Crippen molar-refractivity contribution in [3.05, 3.63) is 45.7 Å². The van der Waals surface area contributed by atoms with Gasteiger partial charge in [-0.05, 0) is 31.0 Å². The number of benzene rings is 1. The van der Waals surface area contributed by atoms with Gasteiger partial charge in [0.1, 0.15) is 5.69 Å². The maximum absolute atomic E-state index is 12.4. The Morgan fingerprint density at radius 1 is 1.26 bits per heavy atom. The number of nitrogens with one attached hydrogen (secondary N) is 2. The van der Waals surface area contributed by atoms with Gasteiger partial charge < -0.3 is 10.6 Å². The number of carbonyl (C=O) groups is 1. The van der Waals surface area contributed by atoms with Crippen molar-refractivity contribution in [3.8, 4) is 0 Å². The molecule has 0 atom stereocenters. The van der Waals surface area contributed by atoms with Crippen LogP contribution in [-0.2, 0) is 0 Å². The Balaban J connectivity index is 2.20. The quantitative estimate of drug-likeness (QED) is 0.835. The van der Waals surface area contributed by atoms with E-state index in [0.29, 0.717) is 33.3 Å². The molecule has 0 fully saturated rings. The van der Waals surface area contributed by atoms with Crippen LogP contribution < -0.4 is 10.6 Å². The van der Waals surface area contributed by atoms with Gasteiger partial charge >= 0.3 is 0 Å². The zero-order valence-corrected chi connectivity index (χ0v) is 14.7. The number of hydrogen-bond donors (Lipinski definition) is 2. The first-order chi connectivity index (χ1) is 10.9. The summed E-state index contributed by atoms with van der Waals surface area (Å²) in [4.78, 5) is 20.9. The molecule has 0 saturated carbocycles. The summed E-state index contributed by atoms with van der Waals surface area (Å²) >= 11 is 12.0. The van der Waals surface area contributed by atoms with Crippen molar-refractivity contribution in [1.29, 1.82) is 0 Å². The van der Waals surface area contributed by atoms with Crippen molar-refractivity contribution in [1.82, 2.24) is 9.97 Å². The highest BCUT2D eigenvalue weighted by Crippen LogP contribution is 2.29. The van der Waals surface area contributed by atoms with Crippen molar-refractivity contribution in [3.63, 3.8) is 0 Å². The van der Waals surface area contributed by atoms with Gasteiger partial charge in [0, 0.05) is 12.2 Å². The van der Waals surface area contributed by atoms with Crippen LogP contribution in [0.2, 0.25) is 10.0 Å². The summed E-state index contributed by atoms with van der Waals surface area (Å²) in [6, 6.07) is 6.67. The molecule has 1 aromatic heterocycles. The van der Waals surface area contributed by atoms with Gasteiger partial charge in [-0.25, -0.2) is 9.97 Å². The molecule has 23 heavy (non-hydrogen) atoms. The van der Waals surface area contributed by atoms with E-state index in [1.54, 1.807) is 24.3 Å². The van der Waals surface area contributed by atoms with Crippen molar-refractivity contribution < 1.29 is 4.79 Å². The maximum atomic E-state index is 12.4. The average Bonchev–Trinajstić information content (AvgIpc) is 2.49. The van der Waals surface area contributed by atoms with E-state index in [9.17, 15) is 4.79 Å². The molecule has 5 nitrogen and oxygen atoms in total. The number of anilines is 2. The topological polar surface area (TPSA) is 66.9 Å². The summed E-state index contributed by atoms with van der Waals surface area (Å²) < 4.78 is 0. The smallest absolute Gasteiger partial charge is 0.274 e. The van der Waals surface area contributed by atoms with Crippen LogP contribution in [0.25, 0.3) is 0 Å². The molecule has 1 aromatic carbocycles. The van der Waals surface area contributed by atoms with E-state index >= 15 is 0 Å². The fourth-order valence-electron chi connectivity index (χ4n) is 1.85. The minimum atomic E-state index is -0.368. The van der Waals surface area contributed by atoms with Gasteiger partial charge in [-0.3, -0.25) is 4.79 Å². The Hall–Kier alpha value is -1.85. The molecule has 0 radical (unpaired) electrons. The maximum Gasteiger partial charge on any atom is 0.274 e. The predicted octanol–water partition coefficient (Wildman–Crippen LogP) is 4.41. The minimum Gasteiger partial charge on any atom is -0.354 e. The number of aromatic nitrogens is 2. The van der Waals surface area contributed by atoms with Crippen LogP contribution in [-0.4, -0.2) is 22.4 Å². The van der Waals surface area contributed by atoms with Gasteiger partial charge in [-0.2, -0.15) is 0 Å². The third-order valence-electron chi connectivity index (χ3n) is 2.96. The highest BCUT2D eigenvalue weighted by atomic mass is 35.5. The van der Waals surface area contributed by atoms with Gasteiger partial charge in [-0.15, -0.1) is 0 Å². The van der Waals surface area contributed by atoms with E-state index in [1.807, 2.05) is 6.92 Å². The second-order valence-electron chi connectivity index (χ2n) is 5.55. The third kappa shape index (κ3) is 4.81. The first kappa shape index (κ1) is 17.5. The summed E-state index contributed by atoms with van der Waals surface area (Å²) in [7, 11) is 0. The first-order valence-electron chi connectivity index (χ1n) is 7.21. The van der Waals surface area contributed by atoms with Crippen molar-refractivity contribution in [2.24, 2.45) is 5.92 Å². The number of hydrogen-bond acceptors (Lipinski definition) is 4. The predicted molar refractivity (Wildman–Crippen MR) is 94.5 cm³/mol. The van der Waals surface area contributed by atoms with Crippen LogP contribution >= 0.6 is 23.2 Å². The Morgan fingerprint density at radius 3 is 2.70 bits per heavy atom. The summed E-state index contributed by atoms with van der Waals surface area (Å²) in [5, 5.41) is 6.50. The molecule has 2 N–H and O–H groups in total. The Labute approximate surface area is 145 Å². The Bertz CT molecular complexity index is 719. The fourth-order valence-corrected chi connectivity index (χ4v) is 2.19. The highest BCUT2D eigenvalue weighted by molar-refractivity contribution is 6.44. The molecule has 2 rings (SSSR count).